The third-order valence-electron chi connectivity index (χ3n) is 3.71. The Labute approximate surface area is 135 Å². The number of carbonyl (C=O) groups is 1. The van der Waals surface area contributed by atoms with Crippen LogP contribution in [0.4, 0.5) is 0 Å². The maximum Gasteiger partial charge on any atom is 0.341 e. The van der Waals surface area contributed by atoms with Crippen LogP contribution in [0.25, 0.3) is 11.1 Å². The minimum atomic E-state index is -0.427. The molecule has 0 radical (unpaired) electrons. The lowest BCUT2D eigenvalue weighted by molar-refractivity contribution is 0.0597. The summed E-state index contributed by atoms with van der Waals surface area (Å²) in [5, 5.41) is 0. The molecule has 0 aliphatic carbocycles. The van der Waals surface area contributed by atoms with Crippen molar-refractivity contribution in [2.45, 2.75) is 6.92 Å². The van der Waals surface area contributed by atoms with Crippen LogP contribution < -0.4 is 14.2 Å². The zero-order valence-corrected chi connectivity index (χ0v) is 13.9. The molecule has 0 saturated heterocycles. The quantitative estimate of drug-likeness (QED) is 0.791. The highest BCUT2D eigenvalue weighted by molar-refractivity contribution is 5.94. The second kappa shape index (κ2) is 7.05. The van der Waals surface area contributed by atoms with Gasteiger partial charge in [0.05, 0.1) is 28.4 Å². The Kier molecular flexibility index (Phi) is 5.11. The zero-order chi connectivity index (χ0) is 17.0. The van der Waals surface area contributed by atoms with E-state index in [1.807, 2.05) is 31.2 Å². The summed E-state index contributed by atoms with van der Waals surface area (Å²) in [6.45, 7) is 1.90. The highest BCUT2D eigenvalue weighted by Gasteiger charge is 2.18. The molecule has 0 N–H and O–H groups in total. The molecule has 2 rings (SSSR count). The maximum atomic E-state index is 11.8. The lowest BCUT2D eigenvalue weighted by Crippen LogP contribution is -2.06. The molecular weight excluding hydrogens is 296 g/mol. The molecule has 2 aromatic carbocycles. The summed E-state index contributed by atoms with van der Waals surface area (Å²) >= 11 is 0. The van der Waals surface area contributed by atoms with Crippen LogP contribution in [0, 0.1) is 6.92 Å². The minimum absolute atomic E-state index is 0.400. The SMILES string of the molecule is COC(=O)c1ccc(-c2ccc(OC)c(OC)c2)c(C)c1OC. The molecule has 0 bridgehead atoms. The van der Waals surface area contributed by atoms with Gasteiger partial charge >= 0.3 is 5.97 Å². The van der Waals surface area contributed by atoms with Gasteiger partial charge in [0.15, 0.2) is 11.5 Å². The van der Waals surface area contributed by atoms with Gasteiger partial charge < -0.3 is 18.9 Å². The number of methoxy groups -OCH3 is 4. The Morgan fingerprint density at radius 3 is 2.13 bits per heavy atom. The number of rotatable bonds is 5. The molecule has 0 aromatic heterocycles. The summed E-state index contributed by atoms with van der Waals surface area (Å²) in [6, 6.07) is 9.22. The minimum Gasteiger partial charge on any atom is -0.496 e. The fourth-order valence-electron chi connectivity index (χ4n) is 2.54. The number of benzene rings is 2. The average Bonchev–Trinajstić information content (AvgIpc) is 2.60. The predicted molar refractivity (Wildman–Crippen MR) is 87.6 cm³/mol. The molecule has 0 aliphatic heterocycles. The summed E-state index contributed by atoms with van der Waals surface area (Å²) in [7, 11) is 6.07. The van der Waals surface area contributed by atoms with Gasteiger partial charge in [0, 0.05) is 0 Å². The highest BCUT2D eigenvalue weighted by atomic mass is 16.5. The number of esters is 1. The van der Waals surface area contributed by atoms with Crippen molar-refractivity contribution >= 4 is 5.97 Å². The molecule has 5 heteroatoms. The Bertz CT molecular complexity index is 722. The standard InChI is InChI=1S/C18H20O5/c1-11-13(7-8-14(17(11)22-4)18(19)23-5)12-6-9-15(20-2)16(10-12)21-3/h6-10H,1-5H3. The Morgan fingerprint density at radius 1 is 0.870 bits per heavy atom. The number of ether oxygens (including phenoxy) is 4. The first kappa shape index (κ1) is 16.7. The topological polar surface area (TPSA) is 54.0 Å². The molecule has 0 amide bonds. The van der Waals surface area contributed by atoms with E-state index in [0.717, 1.165) is 16.7 Å². The first-order valence-corrected chi connectivity index (χ1v) is 7.05. The Hall–Kier alpha value is -2.69. The van der Waals surface area contributed by atoms with Gasteiger partial charge in [-0.2, -0.15) is 0 Å². The maximum absolute atomic E-state index is 11.8. The summed E-state index contributed by atoms with van der Waals surface area (Å²) in [5.41, 5.74) is 3.13. The van der Waals surface area contributed by atoms with Crippen LogP contribution in [0.15, 0.2) is 30.3 Å². The molecule has 0 saturated carbocycles. The van der Waals surface area contributed by atoms with Gasteiger partial charge in [0.2, 0.25) is 0 Å². The van der Waals surface area contributed by atoms with E-state index in [4.69, 9.17) is 18.9 Å². The summed E-state index contributed by atoms with van der Waals surface area (Å²) in [5.74, 6) is 1.38. The van der Waals surface area contributed by atoms with Crippen LogP contribution in [0.1, 0.15) is 15.9 Å². The van der Waals surface area contributed by atoms with E-state index in [2.05, 4.69) is 0 Å². The normalized spacial score (nSPS) is 10.1. The van der Waals surface area contributed by atoms with E-state index in [0.29, 0.717) is 22.8 Å². The van der Waals surface area contributed by atoms with E-state index in [-0.39, 0.29) is 0 Å². The van der Waals surface area contributed by atoms with E-state index in [9.17, 15) is 4.79 Å². The van der Waals surface area contributed by atoms with Crippen molar-refractivity contribution in [3.63, 3.8) is 0 Å². The van der Waals surface area contributed by atoms with Crippen molar-refractivity contribution < 1.29 is 23.7 Å². The molecule has 2 aromatic rings. The monoisotopic (exact) mass is 316 g/mol. The van der Waals surface area contributed by atoms with E-state index in [1.54, 1.807) is 20.3 Å². The lowest BCUT2D eigenvalue weighted by atomic mass is 9.96. The number of carbonyl (C=O) groups excluding carboxylic acids is 1. The molecule has 0 atom stereocenters. The molecule has 23 heavy (non-hydrogen) atoms. The van der Waals surface area contributed by atoms with E-state index in [1.165, 1.54) is 14.2 Å². The van der Waals surface area contributed by atoms with Crippen molar-refractivity contribution in [1.82, 2.24) is 0 Å². The molecule has 5 nitrogen and oxygen atoms in total. The van der Waals surface area contributed by atoms with Crippen LogP contribution in [-0.2, 0) is 4.74 Å². The second-order valence-corrected chi connectivity index (χ2v) is 4.88. The van der Waals surface area contributed by atoms with Crippen LogP contribution in [-0.4, -0.2) is 34.4 Å². The van der Waals surface area contributed by atoms with Gasteiger partial charge in [-0.25, -0.2) is 4.79 Å². The second-order valence-electron chi connectivity index (χ2n) is 4.88. The first-order chi connectivity index (χ1) is 11.1. The Balaban J connectivity index is 2.59. The van der Waals surface area contributed by atoms with Gasteiger partial charge in [-0.3, -0.25) is 0 Å². The fourth-order valence-corrected chi connectivity index (χ4v) is 2.54. The van der Waals surface area contributed by atoms with Gasteiger partial charge in [-0.05, 0) is 41.8 Å². The van der Waals surface area contributed by atoms with Crippen LogP contribution >= 0.6 is 0 Å². The molecule has 0 unspecified atom stereocenters. The van der Waals surface area contributed by atoms with Crippen molar-refractivity contribution in [3.8, 4) is 28.4 Å². The Morgan fingerprint density at radius 2 is 1.57 bits per heavy atom. The van der Waals surface area contributed by atoms with Crippen molar-refractivity contribution in [3.05, 3.63) is 41.5 Å². The lowest BCUT2D eigenvalue weighted by Gasteiger charge is -2.15. The molecule has 0 fully saturated rings. The largest absolute Gasteiger partial charge is 0.496 e. The van der Waals surface area contributed by atoms with Gasteiger partial charge in [-0.15, -0.1) is 0 Å². The third-order valence-corrected chi connectivity index (χ3v) is 3.71. The molecule has 0 heterocycles. The zero-order valence-electron chi connectivity index (χ0n) is 13.9. The smallest absolute Gasteiger partial charge is 0.341 e. The van der Waals surface area contributed by atoms with Crippen molar-refractivity contribution in [2.24, 2.45) is 0 Å². The predicted octanol–water partition coefficient (Wildman–Crippen LogP) is 3.47. The van der Waals surface area contributed by atoms with E-state index >= 15 is 0 Å². The summed E-state index contributed by atoms with van der Waals surface area (Å²) < 4.78 is 20.8. The highest BCUT2D eigenvalue weighted by Crippen LogP contribution is 2.37. The van der Waals surface area contributed by atoms with Crippen molar-refractivity contribution in [2.75, 3.05) is 28.4 Å². The number of hydrogen-bond donors (Lipinski definition) is 0. The van der Waals surface area contributed by atoms with Crippen LogP contribution in [0.5, 0.6) is 17.2 Å². The third kappa shape index (κ3) is 3.08. The van der Waals surface area contributed by atoms with Gasteiger partial charge in [0.1, 0.15) is 11.3 Å². The molecule has 0 aliphatic rings. The van der Waals surface area contributed by atoms with Crippen LogP contribution in [0.2, 0.25) is 0 Å². The van der Waals surface area contributed by atoms with Gasteiger partial charge in [0.25, 0.3) is 0 Å². The molecule has 122 valence electrons. The summed E-state index contributed by atoms with van der Waals surface area (Å²) in [4.78, 5) is 11.8. The van der Waals surface area contributed by atoms with E-state index < -0.39 is 5.97 Å². The van der Waals surface area contributed by atoms with Crippen LogP contribution in [0.3, 0.4) is 0 Å². The average molecular weight is 316 g/mol. The number of hydrogen-bond acceptors (Lipinski definition) is 5. The van der Waals surface area contributed by atoms with Gasteiger partial charge in [-0.1, -0.05) is 12.1 Å². The first-order valence-electron chi connectivity index (χ1n) is 7.05. The van der Waals surface area contributed by atoms with Crippen molar-refractivity contribution in [1.29, 1.82) is 0 Å². The molecular formula is C18H20O5. The molecule has 0 spiro atoms. The summed E-state index contributed by atoms with van der Waals surface area (Å²) in [6.07, 6.45) is 0. The fraction of sp³-hybridized carbons (Fsp3) is 0.278.